The van der Waals surface area contributed by atoms with E-state index in [2.05, 4.69) is 0 Å². The summed E-state index contributed by atoms with van der Waals surface area (Å²) in [7, 11) is 0. The van der Waals surface area contributed by atoms with E-state index in [1.54, 1.807) is 19.1 Å². The number of aryl methyl sites for hydroxylation is 1. The van der Waals surface area contributed by atoms with Gasteiger partial charge in [-0.2, -0.15) is 0 Å². The van der Waals surface area contributed by atoms with E-state index in [9.17, 15) is 10.2 Å². The first kappa shape index (κ1) is 8.81. The molecule has 0 unspecified atom stereocenters. The number of phenols is 2. The van der Waals surface area contributed by atoms with Crippen LogP contribution >= 0.6 is 0 Å². The number of hydrogen-bond donors (Lipinski definition) is 2. The Labute approximate surface area is 81.2 Å². The van der Waals surface area contributed by atoms with E-state index in [1.165, 1.54) is 6.26 Å². The SMILES string of the molecule is Cc1cc2cc(O)c(C)c(O)c2c[o+]1. The van der Waals surface area contributed by atoms with E-state index in [4.69, 9.17) is 4.42 Å². The Kier molecular flexibility index (Phi) is 1.81. The first-order chi connectivity index (χ1) is 6.59. The quantitative estimate of drug-likeness (QED) is 0.629. The number of hydrogen-bond acceptors (Lipinski definition) is 2. The van der Waals surface area contributed by atoms with Gasteiger partial charge in [0.15, 0.2) is 0 Å². The molecule has 0 aliphatic rings. The molecule has 0 spiro atoms. The summed E-state index contributed by atoms with van der Waals surface area (Å²) in [5, 5.41) is 20.6. The van der Waals surface area contributed by atoms with Crippen LogP contribution in [0.25, 0.3) is 10.8 Å². The van der Waals surface area contributed by atoms with Crippen molar-refractivity contribution in [3.05, 3.63) is 29.7 Å². The fraction of sp³-hybridized carbons (Fsp3) is 0.182. The van der Waals surface area contributed by atoms with Crippen LogP contribution in [-0.4, -0.2) is 10.2 Å². The van der Waals surface area contributed by atoms with Crippen LogP contribution in [0.1, 0.15) is 11.3 Å². The predicted molar refractivity (Wildman–Crippen MR) is 53.4 cm³/mol. The largest absolute Gasteiger partial charge is 0.508 e. The minimum atomic E-state index is 0.0729. The van der Waals surface area contributed by atoms with Crippen LogP contribution in [0.3, 0.4) is 0 Å². The molecular formula is C11H11O3+. The third kappa shape index (κ3) is 1.18. The Morgan fingerprint density at radius 3 is 2.57 bits per heavy atom. The second kappa shape index (κ2) is 2.87. The highest BCUT2D eigenvalue weighted by molar-refractivity contribution is 5.90. The lowest BCUT2D eigenvalue weighted by atomic mass is 10.1. The Balaban J connectivity index is 2.91. The minimum Gasteiger partial charge on any atom is -0.508 e. The van der Waals surface area contributed by atoms with Crippen molar-refractivity contribution in [1.82, 2.24) is 0 Å². The van der Waals surface area contributed by atoms with Gasteiger partial charge in [0.25, 0.3) is 0 Å². The van der Waals surface area contributed by atoms with Gasteiger partial charge in [-0.05, 0) is 13.0 Å². The van der Waals surface area contributed by atoms with Crippen LogP contribution in [0.15, 0.2) is 22.8 Å². The molecule has 0 amide bonds. The Hall–Kier alpha value is -1.77. The molecule has 1 aromatic carbocycles. The van der Waals surface area contributed by atoms with Gasteiger partial charge in [0.2, 0.25) is 0 Å². The molecule has 0 aliphatic heterocycles. The molecule has 0 atom stereocenters. The molecule has 72 valence electrons. The Bertz CT molecular complexity index is 503. The van der Waals surface area contributed by atoms with Crippen molar-refractivity contribution >= 4 is 10.8 Å². The first-order valence-electron chi connectivity index (χ1n) is 4.33. The lowest BCUT2D eigenvalue weighted by molar-refractivity contribution is 0.445. The van der Waals surface area contributed by atoms with Crippen molar-refractivity contribution < 1.29 is 14.6 Å². The molecule has 2 aromatic rings. The zero-order valence-electron chi connectivity index (χ0n) is 8.03. The summed E-state index contributed by atoms with van der Waals surface area (Å²) >= 11 is 0. The molecule has 0 bridgehead atoms. The third-order valence-electron chi connectivity index (χ3n) is 2.32. The number of fused-ring (bicyclic) bond motifs is 1. The molecule has 2 rings (SSSR count). The van der Waals surface area contributed by atoms with Gasteiger partial charge in [0.1, 0.15) is 16.9 Å². The summed E-state index contributed by atoms with van der Waals surface area (Å²) in [6.07, 6.45) is 1.49. The van der Waals surface area contributed by atoms with Crippen molar-refractivity contribution in [2.45, 2.75) is 13.8 Å². The zero-order chi connectivity index (χ0) is 10.3. The highest BCUT2D eigenvalue weighted by Gasteiger charge is 2.13. The lowest BCUT2D eigenvalue weighted by Crippen LogP contribution is -1.81. The molecule has 14 heavy (non-hydrogen) atoms. The summed E-state index contributed by atoms with van der Waals surface area (Å²) in [5.41, 5.74) is 0.469. The van der Waals surface area contributed by atoms with Crippen molar-refractivity contribution in [2.75, 3.05) is 0 Å². The normalized spacial score (nSPS) is 10.7. The minimum absolute atomic E-state index is 0.0729. The first-order valence-corrected chi connectivity index (χ1v) is 4.33. The van der Waals surface area contributed by atoms with E-state index < -0.39 is 0 Å². The van der Waals surface area contributed by atoms with E-state index >= 15 is 0 Å². The Morgan fingerprint density at radius 2 is 1.86 bits per heavy atom. The number of phenolic OH excluding ortho intramolecular Hbond substituents is 2. The van der Waals surface area contributed by atoms with Crippen LogP contribution in [-0.2, 0) is 0 Å². The van der Waals surface area contributed by atoms with Crippen LogP contribution in [0.2, 0.25) is 0 Å². The van der Waals surface area contributed by atoms with Gasteiger partial charge < -0.3 is 10.2 Å². The average molecular weight is 191 g/mol. The van der Waals surface area contributed by atoms with Gasteiger partial charge >= 0.3 is 12.0 Å². The maximum atomic E-state index is 9.71. The van der Waals surface area contributed by atoms with Crippen LogP contribution in [0.4, 0.5) is 0 Å². The monoisotopic (exact) mass is 191 g/mol. The van der Waals surface area contributed by atoms with Gasteiger partial charge in [-0.1, -0.05) is 0 Å². The highest BCUT2D eigenvalue weighted by atomic mass is 16.3. The van der Waals surface area contributed by atoms with Crippen molar-refractivity contribution in [3.63, 3.8) is 0 Å². The summed E-state index contributed by atoms with van der Waals surface area (Å²) in [5.74, 6) is 0.907. The molecule has 2 N–H and O–H groups in total. The van der Waals surface area contributed by atoms with Gasteiger partial charge in [0.05, 0.1) is 6.92 Å². The van der Waals surface area contributed by atoms with E-state index in [-0.39, 0.29) is 11.5 Å². The molecule has 0 aliphatic carbocycles. The van der Waals surface area contributed by atoms with Gasteiger partial charge in [-0.3, -0.25) is 0 Å². The van der Waals surface area contributed by atoms with Crippen molar-refractivity contribution in [3.8, 4) is 11.5 Å². The van der Waals surface area contributed by atoms with Crippen molar-refractivity contribution in [2.24, 2.45) is 0 Å². The van der Waals surface area contributed by atoms with Crippen LogP contribution in [0.5, 0.6) is 11.5 Å². The second-order valence-electron chi connectivity index (χ2n) is 3.36. The molecule has 0 radical (unpaired) electrons. The average Bonchev–Trinajstić information content (AvgIpc) is 2.14. The molecule has 1 aromatic heterocycles. The maximum Gasteiger partial charge on any atom is 0.329 e. The number of aromatic hydroxyl groups is 2. The Morgan fingerprint density at radius 1 is 1.14 bits per heavy atom. The molecular weight excluding hydrogens is 180 g/mol. The smallest absolute Gasteiger partial charge is 0.329 e. The van der Waals surface area contributed by atoms with Gasteiger partial charge in [0, 0.05) is 17.0 Å². The molecule has 0 saturated carbocycles. The summed E-state index contributed by atoms with van der Waals surface area (Å²) in [4.78, 5) is 0. The van der Waals surface area contributed by atoms with Crippen molar-refractivity contribution in [1.29, 1.82) is 0 Å². The highest BCUT2D eigenvalue weighted by Crippen LogP contribution is 2.34. The molecule has 0 fully saturated rings. The molecule has 3 heteroatoms. The van der Waals surface area contributed by atoms with E-state index in [0.29, 0.717) is 10.9 Å². The predicted octanol–water partition coefficient (Wildman–Crippen LogP) is 2.74. The molecule has 0 saturated heterocycles. The zero-order valence-corrected chi connectivity index (χ0v) is 8.03. The summed E-state index contributed by atoms with van der Waals surface area (Å²) < 4.78 is 5.17. The third-order valence-corrected chi connectivity index (χ3v) is 2.32. The second-order valence-corrected chi connectivity index (χ2v) is 3.36. The molecule has 3 nitrogen and oxygen atoms in total. The fourth-order valence-electron chi connectivity index (χ4n) is 1.44. The van der Waals surface area contributed by atoms with E-state index in [0.717, 1.165) is 11.1 Å². The fourth-order valence-corrected chi connectivity index (χ4v) is 1.44. The standard InChI is InChI=1S/C11H10O3/c1-6-3-8-4-10(12)7(2)11(13)9(8)5-14-6/h3-5H,1-2H3,(H-,12,13)/p+1. The summed E-state index contributed by atoms with van der Waals surface area (Å²) in [6, 6.07) is 3.39. The number of rotatable bonds is 0. The summed E-state index contributed by atoms with van der Waals surface area (Å²) in [6.45, 7) is 3.47. The van der Waals surface area contributed by atoms with E-state index in [1.807, 2.05) is 6.92 Å². The lowest BCUT2D eigenvalue weighted by Gasteiger charge is -2.03. The van der Waals surface area contributed by atoms with Gasteiger partial charge in [-0.15, -0.1) is 0 Å². The number of benzene rings is 1. The topological polar surface area (TPSA) is 51.8 Å². The van der Waals surface area contributed by atoms with Crippen LogP contribution < -0.4 is 0 Å². The van der Waals surface area contributed by atoms with Gasteiger partial charge in [-0.25, -0.2) is 4.42 Å². The maximum absolute atomic E-state index is 9.71. The molecule has 1 heterocycles. The van der Waals surface area contributed by atoms with Crippen LogP contribution in [0, 0.1) is 13.8 Å².